The van der Waals surface area contributed by atoms with Crippen molar-refractivity contribution < 1.29 is 23.1 Å². The number of rotatable bonds is 4. The third-order valence-corrected chi connectivity index (χ3v) is 4.68. The lowest BCUT2D eigenvalue weighted by Crippen LogP contribution is -2.42. The SMILES string of the molecule is Cn1cc2[nH]cc(NC3=C(Nc4ccc(C(F)(F)F)cc4)C(=O)C3O)c2cc1=O. The lowest BCUT2D eigenvalue weighted by Gasteiger charge is -2.29. The average molecular weight is 404 g/mol. The Bertz CT molecular complexity index is 1210. The Morgan fingerprint density at radius 2 is 1.83 bits per heavy atom. The van der Waals surface area contributed by atoms with Crippen LogP contribution in [0.25, 0.3) is 10.9 Å². The van der Waals surface area contributed by atoms with E-state index < -0.39 is 23.6 Å². The van der Waals surface area contributed by atoms with Crippen molar-refractivity contribution in [2.75, 3.05) is 10.6 Å². The zero-order valence-corrected chi connectivity index (χ0v) is 15.0. The van der Waals surface area contributed by atoms with Crippen molar-refractivity contribution >= 4 is 28.1 Å². The van der Waals surface area contributed by atoms with Gasteiger partial charge in [0, 0.05) is 36.6 Å². The molecule has 0 bridgehead atoms. The second-order valence-electron chi connectivity index (χ2n) is 6.63. The molecule has 10 heteroatoms. The van der Waals surface area contributed by atoms with Gasteiger partial charge in [0.15, 0.2) is 6.10 Å². The minimum atomic E-state index is -4.46. The number of aryl methyl sites for hydroxylation is 1. The summed E-state index contributed by atoms with van der Waals surface area (Å²) < 4.78 is 39.4. The van der Waals surface area contributed by atoms with Crippen molar-refractivity contribution in [3.63, 3.8) is 0 Å². The molecule has 1 unspecified atom stereocenters. The van der Waals surface area contributed by atoms with Gasteiger partial charge in [0.2, 0.25) is 5.78 Å². The topological polar surface area (TPSA) is 99.2 Å². The van der Waals surface area contributed by atoms with Gasteiger partial charge in [-0.3, -0.25) is 9.59 Å². The third-order valence-electron chi connectivity index (χ3n) is 4.68. The average Bonchev–Trinajstić information content (AvgIpc) is 3.05. The van der Waals surface area contributed by atoms with Crippen molar-refractivity contribution in [1.82, 2.24) is 9.55 Å². The second-order valence-corrected chi connectivity index (χ2v) is 6.63. The molecule has 0 amide bonds. The number of benzene rings is 1. The Kier molecular flexibility index (Phi) is 4.23. The highest BCUT2D eigenvalue weighted by atomic mass is 19.4. The number of aromatic nitrogens is 2. The number of H-pyrrole nitrogens is 1. The van der Waals surface area contributed by atoms with E-state index in [1.807, 2.05) is 0 Å². The van der Waals surface area contributed by atoms with Gasteiger partial charge in [0.1, 0.15) is 5.70 Å². The molecule has 2 heterocycles. The van der Waals surface area contributed by atoms with Crippen LogP contribution in [0.1, 0.15) is 5.56 Å². The highest BCUT2D eigenvalue weighted by molar-refractivity contribution is 6.12. The number of halogens is 3. The number of anilines is 2. The molecule has 0 fully saturated rings. The summed E-state index contributed by atoms with van der Waals surface area (Å²) >= 11 is 0. The molecule has 29 heavy (non-hydrogen) atoms. The first-order valence-electron chi connectivity index (χ1n) is 8.50. The molecule has 0 radical (unpaired) electrons. The molecule has 4 rings (SSSR count). The first kappa shape index (κ1) is 18.8. The molecule has 0 saturated heterocycles. The number of hydrogen-bond donors (Lipinski definition) is 4. The number of aromatic amines is 1. The number of nitrogens with zero attached hydrogens (tertiary/aromatic N) is 1. The van der Waals surface area contributed by atoms with E-state index in [-0.39, 0.29) is 22.6 Å². The maximum absolute atomic E-state index is 12.7. The van der Waals surface area contributed by atoms with Gasteiger partial charge in [0.05, 0.1) is 22.5 Å². The van der Waals surface area contributed by atoms with Gasteiger partial charge in [-0.05, 0) is 24.3 Å². The lowest BCUT2D eigenvalue weighted by atomic mass is 9.94. The van der Waals surface area contributed by atoms with Gasteiger partial charge in [0.25, 0.3) is 5.56 Å². The van der Waals surface area contributed by atoms with Crippen molar-refractivity contribution in [2.24, 2.45) is 7.05 Å². The number of alkyl halides is 3. The Labute approximate surface area is 161 Å². The van der Waals surface area contributed by atoms with Gasteiger partial charge in [-0.15, -0.1) is 0 Å². The van der Waals surface area contributed by atoms with Crippen molar-refractivity contribution in [2.45, 2.75) is 12.3 Å². The quantitative estimate of drug-likeness (QED) is 0.536. The van der Waals surface area contributed by atoms with Gasteiger partial charge >= 0.3 is 6.18 Å². The summed E-state index contributed by atoms with van der Waals surface area (Å²) in [6.07, 6.45) is -2.66. The van der Waals surface area contributed by atoms with Crippen LogP contribution in [0.2, 0.25) is 0 Å². The highest BCUT2D eigenvalue weighted by Crippen LogP contribution is 2.33. The fraction of sp³-hybridized carbons (Fsp3) is 0.158. The molecule has 0 spiro atoms. The predicted molar refractivity (Wildman–Crippen MR) is 100 cm³/mol. The number of fused-ring (bicyclic) bond motifs is 1. The molecule has 1 aliphatic carbocycles. The maximum atomic E-state index is 12.7. The van der Waals surface area contributed by atoms with Crippen LogP contribution in [-0.4, -0.2) is 26.5 Å². The number of carbonyl (C=O) groups is 1. The third kappa shape index (κ3) is 3.27. The largest absolute Gasteiger partial charge is 0.416 e. The van der Waals surface area contributed by atoms with E-state index in [0.29, 0.717) is 16.6 Å². The molecule has 1 atom stereocenters. The Morgan fingerprint density at radius 3 is 2.48 bits per heavy atom. The molecule has 0 aliphatic heterocycles. The molecular weight excluding hydrogens is 389 g/mol. The van der Waals surface area contributed by atoms with Gasteiger partial charge in [-0.1, -0.05) is 0 Å². The van der Waals surface area contributed by atoms with E-state index in [2.05, 4.69) is 15.6 Å². The smallest absolute Gasteiger partial charge is 0.378 e. The first-order valence-corrected chi connectivity index (χ1v) is 8.50. The summed E-state index contributed by atoms with van der Waals surface area (Å²) in [4.78, 5) is 26.9. The van der Waals surface area contributed by atoms with E-state index in [4.69, 9.17) is 0 Å². The van der Waals surface area contributed by atoms with Gasteiger partial charge < -0.3 is 25.3 Å². The summed E-state index contributed by atoms with van der Waals surface area (Å²) in [5.41, 5.74) is 0.573. The molecule has 0 saturated carbocycles. The number of ketones is 1. The van der Waals surface area contributed by atoms with E-state index in [1.165, 1.54) is 22.8 Å². The number of carbonyl (C=O) groups excluding carboxylic acids is 1. The summed E-state index contributed by atoms with van der Waals surface area (Å²) in [7, 11) is 1.61. The first-order chi connectivity index (χ1) is 13.6. The molecule has 1 aliphatic rings. The Balaban J connectivity index is 1.63. The number of aliphatic hydroxyl groups excluding tert-OH is 1. The predicted octanol–water partition coefficient (Wildman–Crippen LogP) is 2.56. The summed E-state index contributed by atoms with van der Waals surface area (Å²) in [5.74, 6) is -0.594. The Morgan fingerprint density at radius 1 is 1.14 bits per heavy atom. The number of aliphatic hydroxyl groups is 1. The van der Waals surface area contributed by atoms with Crippen molar-refractivity contribution in [3.05, 3.63) is 70.0 Å². The summed E-state index contributed by atoms with van der Waals surface area (Å²) in [6.45, 7) is 0. The number of Topliss-reactive ketones (excluding diaryl/α,β-unsaturated/α-hetero) is 1. The monoisotopic (exact) mass is 404 g/mol. The molecule has 2 aromatic heterocycles. The zero-order valence-electron chi connectivity index (χ0n) is 15.0. The van der Waals surface area contributed by atoms with Crippen LogP contribution in [0.4, 0.5) is 24.5 Å². The van der Waals surface area contributed by atoms with Crippen LogP contribution in [-0.2, 0) is 18.0 Å². The highest BCUT2D eigenvalue weighted by Gasteiger charge is 2.39. The van der Waals surface area contributed by atoms with E-state index in [1.54, 1.807) is 19.4 Å². The fourth-order valence-corrected chi connectivity index (χ4v) is 3.05. The van der Waals surface area contributed by atoms with Crippen molar-refractivity contribution in [1.29, 1.82) is 0 Å². The minimum absolute atomic E-state index is 0.0374. The second kappa shape index (κ2) is 6.52. The molecule has 4 N–H and O–H groups in total. The number of nitrogens with one attached hydrogen (secondary N) is 3. The van der Waals surface area contributed by atoms with Gasteiger partial charge in [-0.2, -0.15) is 13.2 Å². The molecule has 150 valence electrons. The van der Waals surface area contributed by atoms with E-state index in [0.717, 1.165) is 12.1 Å². The van der Waals surface area contributed by atoms with Crippen LogP contribution in [0.3, 0.4) is 0 Å². The van der Waals surface area contributed by atoms with E-state index >= 15 is 0 Å². The van der Waals surface area contributed by atoms with Crippen LogP contribution < -0.4 is 16.2 Å². The van der Waals surface area contributed by atoms with Crippen LogP contribution in [0, 0.1) is 0 Å². The number of pyridine rings is 1. The van der Waals surface area contributed by atoms with Crippen LogP contribution in [0.5, 0.6) is 0 Å². The fourth-order valence-electron chi connectivity index (χ4n) is 3.05. The van der Waals surface area contributed by atoms with Crippen molar-refractivity contribution in [3.8, 4) is 0 Å². The molecule has 3 aromatic rings. The van der Waals surface area contributed by atoms with Crippen LogP contribution in [0.15, 0.2) is 58.9 Å². The lowest BCUT2D eigenvalue weighted by molar-refractivity contribution is -0.137. The Hall–Kier alpha value is -3.53. The standard InChI is InChI=1S/C19H15F3N4O3/c1-26-8-13-11(6-14(26)27)12(7-23-13)25-16-15(17(28)18(16)29)24-10-4-2-9(3-5-10)19(20,21)22/h2-8,18,23-25,29H,1H3. The van der Waals surface area contributed by atoms with Gasteiger partial charge in [-0.25, -0.2) is 0 Å². The maximum Gasteiger partial charge on any atom is 0.416 e. The molecule has 7 nitrogen and oxygen atoms in total. The zero-order chi connectivity index (χ0) is 20.9. The summed E-state index contributed by atoms with van der Waals surface area (Å²) in [6, 6.07) is 5.59. The minimum Gasteiger partial charge on any atom is -0.378 e. The normalized spacial score (nSPS) is 16.9. The number of hydrogen-bond acceptors (Lipinski definition) is 5. The van der Waals surface area contributed by atoms with Crippen LogP contribution >= 0.6 is 0 Å². The summed E-state index contributed by atoms with van der Waals surface area (Å²) in [5, 5.41) is 16.2. The molecule has 1 aromatic carbocycles. The molecular formula is C19H15F3N4O3. The van der Waals surface area contributed by atoms with E-state index in [9.17, 15) is 27.9 Å².